The number of halogens is 1. The molecule has 0 radical (unpaired) electrons. The minimum Gasteiger partial charge on any atom is -0.326 e. The fraction of sp³-hybridized carbons (Fsp3) is 0.286. The second-order valence-electron chi connectivity index (χ2n) is 6.64. The summed E-state index contributed by atoms with van der Waals surface area (Å²) < 4.78 is 13.9. The van der Waals surface area contributed by atoms with Crippen LogP contribution in [0.2, 0.25) is 0 Å². The van der Waals surface area contributed by atoms with Gasteiger partial charge >= 0.3 is 0 Å². The van der Waals surface area contributed by atoms with Crippen molar-refractivity contribution in [2.75, 3.05) is 35.6 Å². The van der Waals surface area contributed by atoms with Crippen LogP contribution in [-0.4, -0.2) is 42.3 Å². The maximum atomic E-state index is 13.9. The SMILES string of the molecule is CCN(CC(=O)Nc1ccc(NC(C)=O)cc1)CC(=O)Nc1ccc(C)cc1F. The van der Waals surface area contributed by atoms with E-state index >= 15 is 0 Å². The molecule has 3 amide bonds. The Balaban J connectivity index is 1.87. The summed E-state index contributed by atoms with van der Waals surface area (Å²) in [4.78, 5) is 37.1. The lowest BCUT2D eigenvalue weighted by molar-refractivity contribution is -0.120. The number of hydrogen-bond acceptors (Lipinski definition) is 4. The highest BCUT2D eigenvalue weighted by Crippen LogP contribution is 2.15. The summed E-state index contributed by atoms with van der Waals surface area (Å²) in [7, 11) is 0. The van der Waals surface area contributed by atoms with Crippen molar-refractivity contribution in [3.05, 3.63) is 53.8 Å². The number of aryl methyl sites for hydroxylation is 1. The second kappa shape index (κ2) is 10.3. The molecule has 2 aromatic carbocycles. The van der Waals surface area contributed by atoms with Crippen molar-refractivity contribution in [2.24, 2.45) is 0 Å². The highest BCUT2D eigenvalue weighted by Gasteiger charge is 2.15. The molecule has 0 saturated heterocycles. The van der Waals surface area contributed by atoms with Gasteiger partial charge in [-0.05, 0) is 55.4 Å². The number of rotatable bonds is 8. The minimum absolute atomic E-state index is 0.00769. The quantitative estimate of drug-likeness (QED) is 0.635. The van der Waals surface area contributed by atoms with E-state index in [9.17, 15) is 18.8 Å². The van der Waals surface area contributed by atoms with Gasteiger partial charge in [-0.1, -0.05) is 13.0 Å². The van der Waals surface area contributed by atoms with Crippen LogP contribution in [0.4, 0.5) is 21.5 Å². The van der Waals surface area contributed by atoms with E-state index in [4.69, 9.17) is 0 Å². The van der Waals surface area contributed by atoms with Gasteiger partial charge in [0.2, 0.25) is 17.7 Å². The van der Waals surface area contributed by atoms with Crippen molar-refractivity contribution >= 4 is 34.8 Å². The fourth-order valence-electron chi connectivity index (χ4n) is 2.64. The zero-order valence-corrected chi connectivity index (χ0v) is 16.7. The van der Waals surface area contributed by atoms with Gasteiger partial charge in [0.25, 0.3) is 0 Å². The Morgan fingerprint density at radius 1 is 0.897 bits per heavy atom. The van der Waals surface area contributed by atoms with Crippen LogP contribution in [0, 0.1) is 12.7 Å². The van der Waals surface area contributed by atoms with Crippen LogP contribution in [0.1, 0.15) is 19.4 Å². The first-order valence-corrected chi connectivity index (χ1v) is 9.22. The van der Waals surface area contributed by atoms with Gasteiger partial charge in [0, 0.05) is 18.3 Å². The summed E-state index contributed by atoms with van der Waals surface area (Å²) in [6, 6.07) is 11.3. The lowest BCUT2D eigenvalue weighted by Gasteiger charge is -2.19. The van der Waals surface area contributed by atoms with Gasteiger partial charge in [-0.15, -0.1) is 0 Å². The van der Waals surface area contributed by atoms with E-state index in [1.807, 2.05) is 6.92 Å². The van der Waals surface area contributed by atoms with E-state index in [-0.39, 0.29) is 30.6 Å². The Morgan fingerprint density at radius 3 is 1.97 bits per heavy atom. The monoisotopic (exact) mass is 400 g/mol. The van der Waals surface area contributed by atoms with Gasteiger partial charge < -0.3 is 16.0 Å². The summed E-state index contributed by atoms with van der Waals surface area (Å²) in [5.41, 5.74) is 2.08. The van der Waals surface area contributed by atoms with E-state index in [1.165, 1.54) is 19.1 Å². The van der Waals surface area contributed by atoms with Crippen LogP contribution >= 0.6 is 0 Å². The van der Waals surface area contributed by atoms with Gasteiger partial charge in [0.1, 0.15) is 5.82 Å². The number of amides is 3. The molecule has 0 heterocycles. The second-order valence-corrected chi connectivity index (χ2v) is 6.64. The molecule has 0 aromatic heterocycles. The zero-order chi connectivity index (χ0) is 21.4. The molecule has 0 saturated carbocycles. The lowest BCUT2D eigenvalue weighted by Crippen LogP contribution is -2.38. The zero-order valence-electron chi connectivity index (χ0n) is 16.7. The van der Waals surface area contributed by atoms with E-state index in [0.717, 1.165) is 5.56 Å². The normalized spacial score (nSPS) is 10.5. The molecule has 0 aliphatic rings. The summed E-state index contributed by atoms with van der Waals surface area (Å²) in [5.74, 6) is -1.36. The third-order valence-electron chi connectivity index (χ3n) is 4.07. The molecule has 0 fully saturated rings. The molecule has 0 aliphatic carbocycles. The number of nitrogens with zero attached hydrogens (tertiary/aromatic N) is 1. The number of likely N-dealkylation sites (N-methyl/N-ethyl adjacent to an activating group) is 1. The maximum absolute atomic E-state index is 13.9. The Bertz CT molecular complexity index is 884. The van der Waals surface area contributed by atoms with E-state index < -0.39 is 11.7 Å². The Morgan fingerprint density at radius 2 is 1.45 bits per heavy atom. The fourth-order valence-corrected chi connectivity index (χ4v) is 2.64. The highest BCUT2D eigenvalue weighted by molar-refractivity contribution is 5.95. The molecule has 0 spiro atoms. The van der Waals surface area contributed by atoms with Crippen LogP contribution in [0.15, 0.2) is 42.5 Å². The van der Waals surface area contributed by atoms with Crippen molar-refractivity contribution in [2.45, 2.75) is 20.8 Å². The average Bonchev–Trinajstić information content (AvgIpc) is 2.64. The molecule has 29 heavy (non-hydrogen) atoms. The van der Waals surface area contributed by atoms with Crippen molar-refractivity contribution < 1.29 is 18.8 Å². The number of hydrogen-bond donors (Lipinski definition) is 3. The first-order chi connectivity index (χ1) is 13.8. The van der Waals surface area contributed by atoms with Gasteiger partial charge in [-0.2, -0.15) is 0 Å². The summed E-state index contributed by atoms with van der Waals surface area (Å²) in [6.07, 6.45) is 0. The highest BCUT2D eigenvalue weighted by atomic mass is 19.1. The van der Waals surface area contributed by atoms with E-state index in [1.54, 1.807) is 42.2 Å². The molecule has 0 atom stereocenters. The van der Waals surface area contributed by atoms with Gasteiger partial charge in [0.05, 0.1) is 18.8 Å². The lowest BCUT2D eigenvalue weighted by atomic mass is 10.2. The molecule has 2 aromatic rings. The van der Waals surface area contributed by atoms with Crippen LogP contribution < -0.4 is 16.0 Å². The van der Waals surface area contributed by atoms with Crippen molar-refractivity contribution in [1.82, 2.24) is 4.90 Å². The Kier molecular flexibility index (Phi) is 7.85. The topological polar surface area (TPSA) is 90.5 Å². The van der Waals surface area contributed by atoms with Crippen LogP contribution in [-0.2, 0) is 14.4 Å². The number of nitrogens with one attached hydrogen (secondary N) is 3. The third kappa shape index (κ3) is 7.34. The summed E-state index contributed by atoms with van der Waals surface area (Å²) in [6.45, 7) is 5.44. The van der Waals surface area contributed by atoms with Crippen LogP contribution in [0.3, 0.4) is 0 Å². The standard InChI is InChI=1S/C21H25FN4O3/c1-4-26(13-21(29)25-19-10-5-14(2)11-18(19)22)12-20(28)24-17-8-6-16(7-9-17)23-15(3)27/h5-11H,4,12-13H2,1-3H3,(H,23,27)(H,24,28)(H,25,29). The Labute approximate surface area is 169 Å². The molecular formula is C21H25FN4O3. The molecule has 0 unspecified atom stereocenters. The van der Waals surface area contributed by atoms with Crippen molar-refractivity contribution in [1.29, 1.82) is 0 Å². The smallest absolute Gasteiger partial charge is 0.238 e. The van der Waals surface area contributed by atoms with Gasteiger partial charge in [-0.3, -0.25) is 19.3 Å². The number of anilines is 3. The predicted octanol–water partition coefficient (Wildman–Crippen LogP) is 2.99. The first kappa shape index (κ1) is 22.0. The van der Waals surface area contributed by atoms with Crippen molar-refractivity contribution in [3.63, 3.8) is 0 Å². The van der Waals surface area contributed by atoms with Crippen LogP contribution in [0.25, 0.3) is 0 Å². The maximum Gasteiger partial charge on any atom is 0.238 e. The van der Waals surface area contributed by atoms with Gasteiger partial charge in [0.15, 0.2) is 0 Å². The van der Waals surface area contributed by atoms with Crippen molar-refractivity contribution in [3.8, 4) is 0 Å². The molecule has 2 rings (SSSR count). The number of benzene rings is 2. The first-order valence-electron chi connectivity index (χ1n) is 9.22. The molecule has 8 heteroatoms. The van der Waals surface area contributed by atoms with Crippen LogP contribution in [0.5, 0.6) is 0 Å². The minimum atomic E-state index is -0.498. The molecular weight excluding hydrogens is 375 g/mol. The molecule has 0 aliphatic heterocycles. The number of carbonyl (C=O) groups excluding carboxylic acids is 3. The van der Waals surface area contributed by atoms with Gasteiger partial charge in [-0.25, -0.2) is 4.39 Å². The predicted molar refractivity (Wildman–Crippen MR) is 111 cm³/mol. The molecule has 7 nitrogen and oxygen atoms in total. The third-order valence-corrected chi connectivity index (χ3v) is 4.07. The van der Waals surface area contributed by atoms with E-state index in [0.29, 0.717) is 17.9 Å². The summed E-state index contributed by atoms with van der Waals surface area (Å²) in [5, 5.41) is 7.91. The largest absolute Gasteiger partial charge is 0.326 e. The number of carbonyl (C=O) groups is 3. The molecule has 3 N–H and O–H groups in total. The summed E-state index contributed by atoms with van der Waals surface area (Å²) >= 11 is 0. The Hall–Kier alpha value is -3.26. The average molecular weight is 400 g/mol. The van der Waals surface area contributed by atoms with E-state index in [2.05, 4.69) is 16.0 Å². The molecule has 0 bridgehead atoms. The molecule has 154 valence electrons.